The Morgan fingerprint density at radius 1 is 0.383 bits per heavy atom. The minimum Gasteiger partial charge on any atom is -0.309 e. The predicted octanol–water partition coefficient (Wildman–Crippen LogP) is 13.0. The highest BCUT2D eigenvalue weighted by molar-refractivity contribution is 7.25. The third-order valence-electron chi connectivity index (χ3n) is 11.1. The van der Waals surface area contributed by atoms with Crippen LogP contribution >= 0.6 is 11.3 Å². The molecule has 280 valence electrons. The maximum atomic E-state index is 5.24. The standard InChI is InChI=1S/C52H31N7S/c1-2-12-34(13-3-1)48-56-49(58-50(57-48)36-26-28-39(29-27-36)59-43-18-8-6-15-40(43)41-16-7-9-19-44(41)59)35-23-21-33(22-24-35)45-47-46(42-17-10-30-53-52(42)60-47)55-51(54-45)38-25-20-32-11-4-5-14-37(32)31-38/h1-31H. The average molecular weight is 786 g/mol. The third-order valence-corrected chi connectivity index (χ3v) is 12.3. The first-order valence-corrected chi connectivity index (χ1v) is 20.6. The number of hydrogen-bond donors (Lipinski definition) is 0. The number of hydrogen-bond acceptors (Lipinski definition) is 7. The molecule has 60 heavy (non-hydrogen) atoms. The van der Waals surface area contributed by atoms with Crippen LogP contribution in [0.1, 0.15) is 0 Å². The molecule has 0 saturated heterocycles. The topological polar surface area (TPSA) is 82.3 Å². The molecule has 0 amide bonds. The molecule has 0 atom stereocenters. The van der Waals surface area contributed by atoms with Crippen LogP contribution < -0.4 is 0 Å². The zero-order chi connectivity index (χ0) is 39.6. The van der Waals surface area contributed by atoms with Gasteiger partial charge in [0.25, 0.3) is 0 Å². The van der Waals surface area contributed by atoms with E-state index in [2.05, 4.69) is 155 Å². The summed E-state index contributed by atoms with van der Waals surface area (Å²) in [5.74, 6) is 2.48. The summed E-state index contributed by atoms with van der Waals surface area (Å²) < 4.78 is 3.31. The highest BCUT2D eigenvalue weighted by Crippen LogP contribution is 2.40. The van der Waals surface area contributed by atoms with Crippen molar-refractivity contribution >= 4 is 64.3 Å². The van der Waals surface area contributed by atoms with Crippen molar-refractivity contribution in [3.05, 3.63) is 188 Å². The van der Waals surface area contributed by atoms with E-state index in [1.54, 1.807) is 11.3 Å². The third kappa shape index (κ3) is 5.73. The van der Waals surface area contributed by atoms with Crippen molar-refractivity contribution in [3.63, 3.8) is 0 Å². The predicted molar refractivity (Wildman–Crippen MR) is 245 cm³/mol. The molecule has 0 fully saturated rings. The van der Waals surface area contributed by atoms with Crippen LogP contribution in [0, 0.1) is 0 Å². The van der Waals surface area contributed by atoms with E-state index < -0.39 is 0 Å². The van der Waals surface area contributed by atoms with Gasteiger partial charge in [0.2, 0.25) is 0 Å². The van der Waals surface area contributed by atoms with Gasteiger partial charge in [-0.2, -0.15) is 0 Å². The molecule has 0 unspecified atom stereocenters. The van der Waals surface area contributed by atoms with E-state index in [0.29, 0.717) is 23.3 Å². The number of fused-ring (bicyclic) bond motifs is 7. The highest BCUT2D eigenvalue weighted by atomic mass is 32.1. The van der Waals surface area contributed by atoms with Gasteiger partial charge in [0, 0.05) is 55.9 Å². The van der Waals surface area contributed by atoms with Crippen molar-refractivity contribution in [3.8, 4) is 62.5 Å². The molecule has 7 nitrogen and oxygen atoms in total. The van der Waals surface area contributed by atoms with Gasteiger partial charge in [-0.15, -0.1) is 11.3 Å². The van der Waals surface area contributed by atoms with E-state index in [1.165, 1.54) is 27.2 Å². The monoisotopic (exact) mass is 785 g/mol. The number of thiophene rings is 1. The number of para-hydroxylation sites is 2. The Kier molecular flexibility index (Phi) is 7.89. The number of pyridine rings is 1. The Balaban J connectivity index is 0.958. The Labute approximate surface area is 348 Å². The summed E-state index contributed by atoms with van der Waals surface area (Å²) in [4.78, 5) is 31.1. The van der Waals surface area contributed by atoms with Crippen molar-refractivity contribution in [2.75, 3.05) is 0 Å². The fraction of sp³-hybridized carbons (Fsp3) is 0. The average Bonchev–Trinajstić information content (AvgIpc) is 3.87. The molecular formula is C52H31N7S. The Morgan fingerprint density at radius 3 is 1.62 bits per heavy atom. The lowest BCUT2D eigenvalue weighted by molar-refractivity contribution is 1.07. The molecule has 0 aliphatic rings. The van der Waals surface area contributed by atoms with Gasteiger partial charge in [-0.25, -0.2) is 29.9 Å². The van der Waals surface area contributed by atoms with Crippen LogP contribution in [0.15, 0.2) is 188 Å². The van der Waals surface area contributed by atoms with Crippen molar-refractivity contribution in [2.24, 2.45) is 0 Å². The molecule has 0 saturated carbocycles. The smallest absolute Gasteiger partial charge is 0.164 e. The second-order valence-corrected chi connectivity index (χ2v) is 15.8. The van der Waals surface area contributed by atoms with Crippen molar-refractivity contribution < 1.29 is 0 Å². The largest absolute Gasteiger partial charge is 0.309 e. The van der Waals surface area contributed by atoms with Crippen LogP contribution in [0.5, 0.6) is 0 Å². The van der Waals surface area contributed by atoms with Crippen LogP contribution in [-0.4, -0.2) is 34.5 Å². The maximum absolute atomic E-state index is 5.24. The molecule has 0 N–H and O–H groups in total. The summed E-state index contributed by atoms with van der Waals surface area (Å²) >= 11 is 1.62. The molecule has 12 rings (SSSR count). The molecule has 5 aromatic heterocycles. The van der Waals surface area contributed by atoms with Gasteiger partial charge in [-0.05, 0) is 65.4 Å². The minimum absolute atomic E-state index is 0.590. The summed E-state index contributed by atoms with van der Waals surface area (Å²) in [5.41, 5.74) is 9.80. The molecule has 0 aliphatic heterocycles. The van der Waals surface area contributed by atoms with Gasteiger partial charge in [-0.3, -0.25) is 0 Å². The van der Waals surface area contributed by atoms with Crippen molar-refractivity contribution in [2.45, 2.75) is 0 Å². The molecule has 0 aliphatic carbocycles. The van der Waals surface area contributed by atoms with Gasteiger partial charge in [0.1, 0.15) is 4.83 Å². The van der Waals surface area contributed by atoms with E-state index in [-0.39, 0.29) is 0 Å². The number of aromatic nitrogens is 7. The van der Waals surface area contributed by atoms with Gasteiger partial charge >= 0.3 is 0 Å². The SMILES string of the molecule is c1ccc(-c2nc(-c3ccc(-c4nc(-c5ccc6ccccc6c5)nc5c4sc4ncccc45)cc3)nc(-c3ccc(-n4c5ccccc5c5ccccc54)cc3)n2)cc1. The van der Waals surface area contributed by atoms with Crippen LogP contribution in [0.25, 0.3) is 116 Å². The first kappa shape index (κ1) is 34.1. The molecule has 0 bridgehead atoms. The zero-order valence-corrected chi connectivity index (χ0v) is 32.8. The highest BCUT2D eigenvalue weighted by Gasteiger charge is 2.19. The second kappa shape index (κ2) is 13.9. The lowest BCUT2D eigenvalue weighted by Gasteiger charge is -2.11. The Bertz CT molecular complexity index is 3540. The summed E-state index contributed by atoms with van der Waals surface area (Å²) in [5, 5.41) is 5.80. The van der Waals surface area contributed by atoms with Crippen LogP contribution in [0.2, 0.25) is 0 Å². The van der Waals surface area contributed by atoms with E-state index in [4.69, 9.17) is 24.9 Å². The lowest BCUT2D eigenvalue weighted by atomic mass is 10.0. The van der Waals surface area contributed by atoms with Gasteiger partial charge < -0.3 is 4.57 Å². The normalized spacial score (nSPS) is 11.7. The molecule has 0 radical (unpaired) electrons. The lowest BCUT2D eigenvalue weighted by Crippen LogP contribution is -2.00. The number of nitrogens with zero attached hydrogens (tertiary/aromatic N) is 7. The first-order chi connectivity index (χ1) is 29.7. The molecule has 7 aromatic carbocycles. The second-order valence-electron chi connectivity index (χ2n) is 14.8. The van der Waals surface area contributed by atoms with Crippen LogP contribution in [-0.2, 0) is 0 Å². The van der Waals surface area contributed by atoms with Crippen molar-refractivity contribution in [1.29, 1.82) is 0 Å². The summed E-state index contributed by atoms with van der Waals surface area (Å²) in [6.45, 7) is 0. The summed E-state index contributed by atoms with van der Waals surface area (Å²) in [6.07, 6.45) is 1.83. The first-order valence-electron chi connectivity index (χ1n) is 19.8. The fourth-order valence-electron chi connectivity index (χ4n) is 8.22. The van der Waals surface area contributed by atoms with E-state index in [9.17, 15) is 0 Å². The molecule has 12 aromatic rings. The molecule has 0 spiro atoms. The number of benzene rings is 7. The Morgan fingerprint density at radius 2 is 0.917 bits per heavy atom. The van der Waals surface area contributed by atoms with Crippen LogP contribution in [0.3, 0.4) is 0 Å². The molecule has 5 heterocycles. The van der Waals surface area contributed by atoms with Crippen LogP contribution in [0.4, 0.5) is 0 Å². The minimum atomic E-state index is 0.590. The van der Waals surface area contributed by atoms with E-state index >= 15 is 0 Å². The number of rotatable bonds is 6. The maximum Gasteiger partial charge on any atom is 0.164 e. The molecule has 8 heteroatoms. The van der Waals surface area contributed by atoms with Gasteiger partial charge in [0.05, 0.1) is 26.9 Å². The Hall–Kier alpha value is -7.94. The fourth-order valence-corrected chi connectivity index (χ4v) is 9.31. The van der Waals surface area contributed by atoms with Gasteiger partial charge in [-0.1, -0.05) is 127 Å². The summed E-state index contributed by atoms with van der Waals surface area (Å²) in [6, 6.07) is 62.8. The van der Waals surface area contributed by atoms with E-state index in [1.807, 2.05) is 42.6 Å². The quantitative estimate of drug-likeness (QED) is 0.167. The molecular weight excluding hydrogens is 755 g/mol. The van der Waals surface area contributed by atoms with Gasteiger partial charge in [0.15, 0.2) is 23.3 Å². The zero-order valence-electron chi connectivity index (χ0n) is 31.9. The summed E-state index contributed by atoms with van der Waals surface area (Å²) in [7, 11) is 0. The van der Waals surface area contributed by atoms with Crippen molar-refractivity contribution in [1.82, 2.24) is 34.5 Å². The van der Waals surface area contributed by atoms with E-state index in [0.717, 1.165) is 65.0 Å².